The van der Waals surface area contributed by atoms with Gasteiger partial charge in [-0.25, -0.2) is 4.39 Å². The number of hydrogen-bond acceptors (Lipinski definition) is 1. The Kier molecular flexibility index (Phi) is 3.24. The molecule has 1 aromatic heterocycles. The van der Waals surface area contributed by atoms with Crippen molar-refractivity contribution < 1.29 is 4.39 Å². The minimum absolute atomic E-state index is 0.0697. The molecule has 0 aliphatic heterocycles. The average molecular weight is 235 g/mol. The van der Waals surface area contributed by atoms with E-state index in [4.69, 9.17) is 0 Å². The molecule has 94 valence electrons. The standard InChI is InChI=1S/C15H22FN/c1-10-5-6-12(7-11-8-13(16)9-11)14(17-10)15(2,3)4/h5-6,11,13H,7-9H2,1-4H3. The summed E-state index contributed by atoms with van der Waals surface area (Å²) in [5.41, 5.74) is 3.62. The molecule has 0 saturated heterocycles. The van der Waals surface area contributed by atoms with Crippen LogP contribution in [-0.4, -0.2) is 11.2 Å². The van der Waals surface area contributed by atoms with Crippen LogP contribution in [-0.2, 0) is 11.8 Å². The van der Waals surface area contributed by atoms with Gasteiger partial charge in [-0.15, -0.1) is 0 Å². The highest BCUT2D eigenvalue weighted by atomic mass is 19.1. The van der Waals surface area contributed by atoms with Gasteiger partial charge in [-0.2, -0.15) is 0 Å². The predicted molar refractivity (Wildman–Crippen MR) is 69.0 cm³/mol. The Morgan fingerprint density at radius 2 is 1.94 bits per heavy atom. The lowest BCUT2D eigenvalue weighted by Gasteiger charge is -2.31. The highest BCUT2D eigenvalue weighted by molar-refractivity contribution is 5.29. The molecule has 0 unspecified atom stereocenters. The molecule has 1 heterocycles. The van der Waals surface area contributed by atoms with Crippen molar-refractivity contribution in [1.82, 2.24) is 4.98 Å². The third-order valence-corrected chi connectivity index (χ3v) is 3.52. The van der Waals surface area contributed by atoms with Gasteiger partial charge < -0.3 is 0 Å². The van der Waals surface area contributed by atoms with Crippen LogP contribution in [0, 0.1) is 12.8 Å². The van der Waals surface area contributed by atoms with Crippen LogP contribution in [0.25, 0.3) is 0 Å². The molecule has 1 nitrogen and oxygen atoms in total. The molecule has 1 aromatic rings. The number of rotatable bonds is 2. The third-order valence-electron chi connectivity index (χ3n) is 3.52. The summed E-state index contributed by atoms with van der Waals surface area (Å²) < 4.78 is 12.9. The molecule has 0 N–H and O–H groups in total. The zero-order valence-electron chi connectivity index (χ0n) is 11.3. The van der Waals surface area contributed by atoms with Gasteiger partial charge in [-0.1, -0.05) is 26.8 Å². The third kappa shape index (κ3) is 2.85. The molecule has 2 rings (SSSR count). The second-order valence-corrected chi connectivity index (χ2v) is 6.35. The second kappa shape index (κ2) is 4.40. The van der Waals surface area contributed by atoms with Crippen LogP contribution in [0.3, 0.4) is 0 Å². The van der Waals surface area contributed by atoms with Crippen LogP contribution in [0.15, 0.2) is 12.1 Å². The highest BCUT2D eigenvalue weighted by Crippen LogP contribution is 2.35. The van der Waals surface area contributed by atoms with Gasteiger partial charge in [-0.3, -0.25) is 4.98 Å². The first-order valence-electron chi connectivity index (χ1n) is 6.47. The van der Waals surface area contributed by atoms with Crippen molar-refractivity contribution in [3.8, 4) is 0 Å². The summed E-state index contributed by atoms with van der Waals surface area (Å²) in [6, 6.07) is 4.24. The van der Waals surface area contributed by atoms with E-state index in [1.54, 1.807) is 0 Å². The molecule has 1 aliphatic rings. The molecule has 2 heteroatoms. The number of alkyl halides is 1. The smallest absolute Gasteiger partial charge is 0.101 e. The van der Waals surface area contributed by atoms with E-state index in [1.165, 1.54) is 11.3 Å². The van der Waals surface area contributed by atoms with Crippen molar-refractivity contribution in [3.05, 3.63) is 29.1 Å². The molecular formula is C15H22FN. The Labute approximate surface area is 103 Å². The van der Waals surface area contributed by atoms with E-state index >= 15 is 0 Å². The van der Waals surface area contributed by atoms with E-state index in [0.29, 0.717) is 5.92 Å². The fourth-order valence-electron chi connectivity index (χ4n) is 2.53. The van der Waals surface area contributed by atoms with Gasteiger partial charge in [0.05, 0.1) is 0 Å². The first-order chi connectivity index (χ1) is 7.86. The summed E-state index contributed by atoms with van der Waals surface area (Å²) >= 11 is 0. The molecule has 0 atom stereocenters. The Morgan fingerprint density at radius 1 is 1.29 bits per heavy atom. The Balaban J connectivity index is 2.21. The Bertz CT molecular complexity index is 400. The largest absolute Gasteiger partial charge is 0.257 e. The fourth-order valence-corrected chi connectivity index (χ4v) is 2.53. The number of aryl methyl sites for hydroxylation is 1. The van der Waals surface area contributed by atoms with Crippen LogP contribution >= 0.6 is 0 Å². The lowest BCUT2D eigenvalue weighted by molar-refractivity contribution is 0.131. The van der Waals surface area contributed by atoms with Gasteiger partial charge in [0.15, 0.2) is 0 Å². The molecule has 1 aliphatic carbocycles. The van der Waals surface area contributed by atoms with E-state index in [2.05, 4.69) is 37.9 Å². The summed E-state index contributed by atoms with van der Waals surface area (Å²) in [6.07, 6.45) is 1.89. The fraction of sp³-hybridized carbons (Fsp3) is 0.667. The van der Waals surface area contributed by atoms with Crippen molar-refractivity contribution in [2.75, 3.05) is 0 Å². The maximum atomic E-state index is 12.9. The molecule has 1 fully saturated rings. The number of nitrogens with zero attached hydrogens (tertiary/aromatic N) is 1. The SMILES string of the molecule is Cc1ccc(CC2CC(F)C2)c(C(C)(C)C)n1. The van der Waals surface area contributed by atoms with Crippen molar-refractivity contribution in [3.63, 3.8) is 0 Å². The highest BCUT2D eigenvalue weighted by Gasteiger charge is 2.30. The van der Waals surface area contributed by atoms with E-state index in [0.717, 1.165) is 25.0 Å². The summed E-state index contributed by atoms with van der Waals surface area (Å²) in [4.78, 5) is 4.68. The molecule has 0 radical (unpaired) electrons. The lowest BCUT2D eigenvalue weighted by atomic mass is 9.77. The monoisotopic (exact) mass is 235 g/mol. The van der Waals surface area contributed by atoms with Crippen LogP contribution < -0.4 is 0 Å². The molecule has 1 saturated carbocycles. The normalized spacial score (nSPS) is 24.5. The Morgan fingerprint density at radius 3 is 2.47 bits per heavy atom. The van der Waals surface area contributed by atoms with E-state index in [9.17, 15) is 4.39 Å². The van der Waals surface area contributed by atoms with Crippen molar-refractivity contribution >= 4 is 0 Å². The molecule has 0 aromatic carbocycles. The Hall–Kier alpha value is -0.920. The topological polar surface area (TPSA) is 12.9 Å². The maximum absolute atomic E-state index is 12.9. The predicted octanol–water partition coefficient (Wildman–Crippen LogP) is 3.98. The molecular weight excluding hydrogens is 213 g/mol. The van der Waals surface area contributed by atoms with Gasteiger partial charge in [0.1, 0.15) is 6.17 Å². The summed E-state index contributed by atoms with van der Waals surface area (Å²) in [5, 5.41) is 0. The quantitative estimate of drug-likeness (QED) is 0.755. The summed E-state index contributed by atoms with van der Waals surface area (Å²) in [6.45, 7) is 8.60. The number of pyridine rings is 1. The first-order valence-corrected chi connectivity index (χ1v) is 6.47. The number of aromatic nitrogens is 1. The number of halogens is 1. The number of hydrogen-bond donors (Lipinski definition) is 0. The summed E-state index contributed by atoms with van der Waals surface area (Å²) in [5.74, 6) is 0.524. The molecule has 0 spiro atoms. The van der Waals surface area contributed by atoms with Gasteiger partial charge in [0.25, 0.3) is 0 Å². The van der Waals surface area contributed by atoms with E-state index in [-0.39, 0.29) is 5.41 Å². The van der Waals surface area contributed by atoms with E-state index < -0.39 is 6.17 Å². The average Bonchev–Trinajstić information content (AvgIpc) is 2.16. The van der Waals surface area contributed by atoms with Crippen molar-refractivity contribution in [1.29, 1.82) is 0 Å². The molecule has 17 heavy (non-hydrogen) atoms. The molecule has 0 bridgehead atoms. The van der Waals surface area contributed by atoms with E-state index in [1.807, 2.05) is 6.92 Å². The van der Waals surface area contributed by atoms with Crippen LogP contribution in [0.2, 0.25) is 0 Å². The van der Waals surface area contributed by atoms with Crippen LogP contribution in [0.1, 0.15) is 50.6 Å². The van der Waals surface area contributed by atoms with Gasteiger partial charge in [0, 0.05) is 16.8 Å². The lowest BCUT2D eigenvalue weighted by Crippen LogP contribution is -2.28. The molecule has 0 amide bonds. The maximum Gasteiger partial charge on any atom is 0.101 e. The minimum Gasteiger partial charge on any atom is -0.257 e. The van der Waals surface area contributed by atoms with Gasteiger partial charge in [-0.05, 0) is 43.7 Å². The first kappa shape index (κ1) is 12.5. The van der Waals surface area contributed by atoms with Crippen molar-refractivity contribution in [2.45, 2.75) is 58.5 Å². The van der Waals surface area contributed by atoms with Crippen molar-refractivity contribution in [2.24, 2.45) is 5.92 Å². The van der Waals surface area contributed by atoms with Gasteiger partial charge in [0.2, 0.25) is 0 Å². The van der Waals surface area contributed by atoms with Crippen LogP contribution in [0.5, 0.6) is 0 Å². The zero-order valence-corrected chi connectivity index (χ0v) is 11.3. The summed E-state index contributed by atoms with van der Waals surface area (Å²) in [7, 11) is 0. The second-order valence-electron chi connectivity index (χ2n) is 6.35. The van der Waals surface area contributed by atoms with Crippen LogP contribution in [0.4, 0.5) is 4.39 Å². The zero-order chi connectivity index (χ0) is 12.6. The minimum atomic E-state index is -0.559. The van der Waals surface area contributed by atoms with Gasteiger partial charge >= 0.3 is 0 Å².